The van der Waals surface area contributed by atoms with Crippen molar-refractivity contribution in [3.8, 4) is 16.9 Å². The van der Waals surface area contributed by atoms with E-state index in [2.05, 4.69) is 0 Å². The van der Waals surface area contributed by atoms with Crippen molar-refractivity contribution in [3.05, 3.63) is 83.1 Å². The van der Waals surface area contributed by atoms with Gasteiger partial charge in [0.15, 0.2) is 11.6 Å². The lowest BCUT2D eigenvalue weighted by Crippen LogP contribution is -2.35. The highest BCUT2D eigenvalue weighted by Gasteiger charge is 2.42. The zero-order valence-electron chi connectivity index (χ0n) is 18.7. The molecule has 1 aliphatic rings. The zero-order chi connectivity index (χ0) is 24.6. The Morgan fingerprint density at radius 3 is 2.57 bits per heavy atom. The topological polar surface area (TPSA) is 72.2 Å². The largest absolute Gasteiger partial charge is 0.389 e. The first kappa shape index (κ1) is 23.7. The van der Waals surface area contributed by atoms with Gasteiger partial charge in [0.1, 0.15) is 18.1 Å². The minimum atomic E-state index is -0.828. The molecule has 2 heterocycles. The van der Waals surface area contributed by atoms with Gasteiger partial charge in [-0.1, -0.05) is 35.9 Å². The number of fused-ring (bicyclic) bond motifs is 1. The Morgan fingerprint density at radius 1 is 1.11 bits per heavy atom. The summed E-state index contributed by atoms with van der Waals surface area (Å²) in [6, 6.07) is 18.7. The molecule has 5 rings (SSSR count). The van der Waals surface area contributed by atoms with Crippen LogP contribution in [0.4, 0.5) is 4.39 Å². The molecular formula is C27H22ClFN2O3S. The second-order valence-corrected chi connectivity index (χ2v) is 10.2. The fourth-order valence-corrected chi connectivity index (χ4v) is 6.26. The molecule has 35 heavy (non-hydrogen) atoms. The number of ketones is 2. The summed E-state index contributed by atoms with van der Waals surface area (Å²) < 4.78 is 15.3. The molecule has 1 unspecified atom stereocenters. The normalized spacial score (nSPS) is 17.7. The van der Waals surface area contributed by atoms with Crippen LogP contribution in [0, 0.1) is 11.2 Å². The Hall–Kier alpha value is -3.00. The van der Waals surface area contributed by atoms with E-state index in [1.54, 1.807) is 46.8 Å². The van der Waals surface area contributed by atoms with Gasteiger partial charge in [0.25, 0.3) is 0 Å². The lowest BCUT2D eigenvalue weighted by atomic mass is 9.77. The van der Waals surface area contributed by atoms with Gasteiger partial charge < -0.3 is 5.11 Å². The van der Waals surface area contributed by atoms with E-state index < -0.39 is 12.0 Å². The van der Waals surface area contributed by atoms with E-state index in [0.717, 1.165) is 16.7 Å². The van der Waals surface area contributed by atoms with Crippen LogP contribution in [-0.4, -0.2) is 44.6 Å². The maximum Gasteiger partial charge on any atom is 0.165 e. The maximum atomic E-state index is 13.6. The molecule has 178 valence electrons. The highest BCUT2D eigenvalue weighted by molar-refractivity contribution is 7.99. The quantitative estimate of drug-likeness (QED) is 0.322. The third-order valence-electron chi connectivity index (χ3n) is 6.54. The number of carbonyl (C=O) groups is 2. The van der Waals surface area contributed by atoms with Crippen molar-refractivity contribution in [1.29, 1.82) is 0 Å². The van der Waals surface area contributed by atoms with Crippen molar-refractivity contribution >= 4 is 45.8 Å². The van der Waals surface area contributed by atoms with Crippen LogP contribution in [0.25, 0.3) is 27.8 Å². The molecule has 0 spiro atoms. The molecule has 0 aliphatic carbocycles. The van der Waals surface area contributed by atoms with E-state index in [0.29, 0.717) is 39.7 Å². The number of thioether (sulfide) groups is 1. The third-order valence-corrected chi connectivity index (χ3v) is 8.12. The first-order valence-electron chi connectivity index (χ1n) is 11.2. The van der Waals surface area contributed by atoms with Gasteiger partial charge in [0.2, 0.25) is 0 Å². The molecule has 5 nitrogen and oxygen atoms in total. The summed E-state index contributed by atoms with van der Waals surface area (Å²) in [6.07, 6.45) is 0.627. The molecule has 1 aliphatic heterocycles. The van der Waals surface area contributed by atoms with Gasteiger partial charge in [-0.25, -0.2) is 9.07 Å². The summed E-state index contributed by atoms with van der Waals surface area (Å²) >= 11 is 8.09. The van der Waals surface area contributed by atoms with Gasteiger partial charge in [0.05, 0.1) is 16.2 Å². The van der Waals surface area contributed by atoms with Crippen LogP contribution in [-0.2, 0) is 4.79 Å². The molecular weight excluding hydrogens is 487 g/mol. The number of Topliss-reactive ketones (excluding diaryl/α,β-unsaturated/α-hetero) is 2. The number of aromatic nitrogens is 2. The minimum absolute atomic E-state index is 0.0486. The van der Waals surface area contributed by atoms with E-state index in [4.69, 9.17) is 16.7 Å². The van der Waals surface area contributed by atoms with Crippen molar-refractivity contribution in [2.24, 2.45) is 5.41 Å². The fraction of sp³-hybridized carbons (Fsp3) is 0.222. The molecule has 1 aromatic heterocycles. The van der Waals surface area contributed by atoms with Crippen LogP contribution in [0.5, 0.6) is 0 Å². The Bertz CT molecular complexity index is 1430. The van der Waals surface area contributed by atoms with Crippen LogP contribution < -0.4 is 0 Å². The zero-order valence-corrected chi connectivity index (χ0v) is 20.3. The molecule has 0 radical (unpaired) electrons. The first-order valence-corrected chi connectivity index (χ1v) is 12.7. The standard InChI is InChI=1S/C27H22ClFN2O3S/c28-22-4-2-1-3-20(22)26-21-10-5-17(24(33)14-27(25(34)15-32)11-12-35-16-27)13-23(21)31(30-26)19-8-6-18(29)7-9-19/h1-10,13,32H,11-12,14-16H2. The summed E-state index contributed by atoms with van der Waals surface area (Å²) in [7, 11) is 0. The molecule has 4 aromatic rings. The Balaban J connectivity index is 1.62. The van der Waals surface area contributed by atoms with Crippen molar-refractivity contribution in [1.82, 2.24) is 9.78 Å². The molecule has 1 N–H and O–H groups in total. The van der Waals surface area contributed by atoms with E-state index in [1.165, 1.54) is 12.1 Å². The first-order chi connectivity index (χ1) is 16.9. The summed E-state index contributed by atoms with van der Waals surface area (Å²) in [4.78, 5) is 25.9. The molecule has 1 atom stereocenters. The fourth-order valence-electron chi connectivity index (χ4n) is 4.56. The van der Waals surface area contributed by atoms with Crippen molar-refractivity contribution < 1.29 is 19.1 Å². The number of aliphatic hydroxyl groups excluding tert-OH is 1. The smallest absolute Gasteiger partial charge is 0.165 e. The number of aliphatic hydroxyl groups is 1. The third kappa shape index (κ3) is 4.40. The van der Waals surface area contributed by atoms with Gasteiger partial charge in [-0.15, -0.1) is 0 Å². The Morgan fingerprint density at radius 2 is 1.89 bits per heavy atom. The highest BCUT2D eigenvalue weighted by atomic mass is 35.5. The summed E-state index contributed by atoms with van der Waals surface area (Å²) in [6.45, 7) is -0.564. The molecule has 1 fully saturated rings. The van der Waals surface area contributed by atoms with Gasteiger partial charge in [-0.3, -0.25) is 9.59 Å². The van der Waals surface area contributed by atoms with Crippen LogP contribution in [0.15, 0.2) is 66.7 Å². The summed E-state index contributed by atoms with van der Waals surface area (Å²) in [5.74, 6) is 0.513. The molecule has 3 aromatic carbocycles. The number of hydrogen-bond acceptors (Lipinski definition) is 5. The van der Waals surface area contributed by atoms with Crippen molar-refractivity contribution in [3.63, 3.8) is 0 Å². The summed E-state index contributed by atoms with van der Waals surface area (Å²) in [5, 5.41) is 15.6. The monoisotopic (exact) mass is 508 g/mol. The molecule has 0 amide bonds. The molecule has 0 saturated carbocycles. The van der Waals surface area contributed by atoms with E-state index >= 15 is 0 Å². The minimum Gasteiger partial charge on any atom is -0.389 e. The predicted molar refractivity (Wildman–Crippen MR) is 137 cm³/mol. The van der Waals surface area contributed by atoms with E-state index in [1.807, 2.05) is 24.3 Å². The number of rotatable bonds is 7. The van der Waals surface area contributed by atoms with Gasteiger partial charge in [-0.05, 0) is 54.6 Å². The van der Waals surface area contributed by atoms with Crippen LogP contribution in [0.1, 0.15) is 23.2 Å². The Kier molecular flexibility index (Phi) is 6.49. The number of halogens is 2. The maximum absolute atomic E-state index is 13.6. The molecule has 0 bridgehead atoms. The molecule has 8 heteroatoms. The van der Waals surface area contributed by atoms with Gasteiger partial charge in [-0.2, -0.15) is 16.9 Å². The van der Waals surface area contributed by atoms with E-state index in [-0.39, 0.29) is 23.8 Å². The average Bonchev–Trinajstić information content (AvgIpc) is 3.50. The second kappa shape index (κ2) is 9.57. The Labute approximate surface area is 210 Å². The lowest BCUT2D eigenvalue weighted by Gasteiger charge is -2.24. The van der Waals surface area contributed by atoms with Crippen LogP contribution in [0.2, 0.25) is 5.02 Å². The van der Waals surface area contributed by atoms with Crippen molar-refractivity contribution in [2.45, 2.75) is 12.8 Å². The second-order valence-electron chi connectivity index (χ2n) is 8.71. The predicted octanol–water partition coefficient (Wildman–Crippen LogP) is 5.74. The number of benzene rings is 3. The number of carbonyl (C=O) groups excluding carboxylic acids is 2. The van der Waals surface area contributed by atoms with E-state index in [9.17, 15) is 19.1 Å². The SMILES string of the molecule is O=C(CC1(C(=O)CO)CCSC1)c1ccc2c(-c3ccccc3Cl)nn(-c3ccc(F)cc3)c2c1. The summed E-state index contributed by atoms with van der Waals surface area (Å²) in [5.41, 5.74) is 2.32. The van der Waals surface area contributed by atoms with Crippen LogP contribution >= 0.6 is 23.4 Å². The van der Waals surface area contributed by atoms with Crippen molar-refractivity contribution in [2.75, 3.05) is 18.1 Å². The highest BCUT2D eigenvalue weighted by Crippen LogP contribution is 2.41. The average molecular weight is 509 g/mol. The van der Waals surface area contributed by atoms with Gasteiger partial charge in [0, 0.05) is 34.1 Å². The lowest BCUT2D eigenvalue weighted by molar-refractivity contribution is -0.130. The van der Waals surface area contributed by atoms with Crippen LogP contribution in [0.3, 0.4) is 0 Å². The molecule has 1 saturated heterocycles. The number of hydrogen-bond donors (Lipinski definition) is 1. The number of nitrogens with zero attached hydrogens (tertiary/aromatic N) is 2. The van der Waals surface area contributed by atoms with Gasteiger partial charge >= 0.3 is 0 Å².